The van der Waals surface area contributed by atoms with Crippen LogP contribution in [0.15, 0.2) is 29.2 Å². The van der Waals surface area contributed by atoms with Crippen LogP contribution < -0.4 is 0 Å². The zero-order valence-corrected chi connectivity index (χ0v) is 11.4. The van der Waals surface area contributed by atoms with Crippen LogP contribution in [0.3, 0.4) is 0 Å². The molecule has 0 nitrogen and oxygen atoms in total. The van der Waals surface area contributed by atoms with Crippen molar-refractivity contribution in [3.05, 3.63) is 29.8 Å². The van der Waals surface area contributed by atoms with E-state index in [2.05, 4.69) is 31.2 Å². The van der Waals surface area contributed by atoms with Gasteiger partial charge in [0.2, 0.25) is 0 Å². The summed E-state index contributed by atoms with van der Waals surface area (Å²) in [6.45, 7) is 2.20. The van der Waals surface area contributed by atoms with Gasteiger partial charge >= 0.3 is 0 Å². The molecule has 16 heavy (non-hydrogen) atoms. The lowest BCUT2D eigenvalue weighted by Gasteiger charge is -2.11. The van der Waals surface area contributed by atoms with Gasteiger partial charge < -0.3 is 0 Å². The average Bonchev–Trinajstić information content (AvgIpc) is 2.69. The standard InChI is InChI=1S/C14H19ClS/c1-2-5-12(15)8-9-13-10-11-6-3-4-7-14(11)16-13/h3-4,6-7,12-13H,2,5,8-10H2,1H3. The number of rotatable bonds is 5. The highest BCUT2D eigenvalue weighted by Crippen LogP contribution is 2.39. The van der Waals surface area contributed by atoms with Crippen molar-refractivity contribution in [3.8, 4) is 0 Å². The molecule has 0 amide bonds. The monoisotopic (exact) mass is 254 g/mol. The van der Waals surface area contributed by atoms with E-state index in [1.165, 1.54) is 36.1 Å². The molecular weight excluding hydrogens is 236 g/mol. The maximum atomic E-state index is 6.26. The Labute approximate surface area is 108 Å². The number of hydrogen-bond donors (Lipinski definition) is 0. The van der Waals surface area contributed by atoms with Gasteiger partial charge in [0.1, 0.15) is 0 Å². The van der Waals surface area contributed by atoms with Crippen LogP contribution in [0.1, 0.15) is 38.2 Å². The average molecular weight is 255 g/mol. The van der Waals surface area contributed by atoms with Crippen LogP contribution >= 0.6 is 23.4 Å². The summed E-state index contributed by atoms with van der Waals surface area (Å²) in [5.74, 6) is 0. The molecule has 2 heteroatoms. The third-order valence-corrected chi connectivity index (χ3v) is 4.94. The van der Waals surface area contributed by atoms with Crippen LogP contribution in [-0.4, -0.2) is 10.6 Å². The van der Waals surface area contributed by atoms with Gasteiger partial charge in [-0.25, -0.2) is 0 Å². The molecule has 2 rings (SSSR count). The Balaban J connectivity index is 1.79. The fraction of sp³-hybridized carbons (Fsp3) is 0.571. The fourth-order valence-electron chi connectivity index (χ4n) is 2.24. The molecule has 88 valence electrons. The van der Waals surface area contributed by atoms with Crippen molar-refractivity contribution in [2.24, 2.45) is 0 Å². The molecule has 0 bridgehead atoms. The number of benzene rings is 1. The summed E-state index contributed by atoms with van der Waals surface area (Å²) in [6.07, 6.45) is 6.02. The first-order valence-electron chi connectivity index (χ1n) is 6.18. The Morgan fingerprint density at radius 2 is 2.19 bits per heavy atom. The molecule has 0 fully saturated rings. The highest BCUT2D eigenvalue weighted by Gasteiger charge is 2.21. The van der Waals surface area contributed by atoms with Gasteiger partial charge in [-0.3, -0.25) is 0 Å². The Morgan fingerprint density at radius 3 is 2.94 bits per heavy atom. The van der Waals surface area contributed by atoms with Gasteiger partial charge in [0.25, 0.3) is 0 Å². The van der Waals surface area contributed by atoms with Crippen molar-refractivity contribution in [2.75, 3.05) is 0 Å². The van der Waals surface area contributed by atoms with Crippen molar-refractivity contribution in [3.63, 3.8) is 0 Å². The third-order valence-electron chi connectivity index (χ3n) is 3.12. The van der Waals surface area contributed by atoms with Crippen molar-refractivity contribution < 1.29 is 0 Å². The quantitative estimate of drug-likeness (QED) is 0.674. The summed E-state index contributed by atoms with van der Waals surface area (Å²) in [4.78, 5) is 1.48. The molecule has 0 saturated carbocycles. The Hall–Kier alpha value is -0.140. The minimum atomic E-state index is 0.384. The van der Waals surface area contributed by atoms with Crippen molar-refractivity contribution in [2.45, 2.75) is 54.6 Å². The molecule has 1 aliphatic heterocycles. The third kappa shape index (κ3) is 3.18. The molecule has 0 N–H and O–H groups in total. The molecule has 2 unspecified atom stereocenters. The van der Waals surface area contributed by atoms with Crippen LogP contribution in [0.5, 0.6) is 0 Å². The fourth-order valence-corrected chi connectivity index (χ4v) is 3.92. The van der Waals surface area contributed by atoms with Gasteiger partial charge in [-0.15, -0.1) is 23.4 Å². The molecule has 0 aliphatic carbocycles. The van der Waals surface area contributed by atoms with Gasteiger partial charge in [-0.2, -0.15) is 0 Å². The Morgan fingerprint density at radius 1 is 1.38 bits per heavy atom. The van der Waals surface area contributed by atoms with E-state index in [-0.39, 0.29) is 0 Å². The molecule has 0 saturated heterocycles. The SMILES string of the molecule is CCCC(Cl)CCC1Cc2ccccc2S1. The number of halogens is 1. The van der Waals surface area contributed by atoms with Gasteiger partial charge in [0, 0.05) is 15.5 Å². The van der Waals surface area contributed by atoms with E-state index in [0.29, 0.717) is 5.38 Å². The zero-order valence-electron chi connectivity index (χ0n) is 9.79. The second-order valence-electron chi connectivity index (χ2n) is 4.52. The number of thioether (sulfide) groups is 1. The molecule has 1 aliphatic rings. The van der Waals surface area contributed by atoms with Crippen LogP contribution in [0.2, 0.25) is 0 Å². The minimum Gasteiger partial charge on any atom is -0.123 e. The van der Waals surface area contributed by atoms with Crippen molar-refractivity contribution in [1.29, 1.82) is 0 Å². The molecule has 0 spiro atoms. The van der Waals surface area contributed by atoms with E-state index in [1.54, 1.807) is 0 Å². The lowest BCUT2D eigenvalue weighted by atomic mass is 10.0. The van der Waals surface area contributed by atoms with Crippen LogP contribution in [-0.2, 0) is 6.42 Å². The lowest BCUT2D eigenvalue weighted by molar-refractivity contribution is 0.626. The van der Waals surface area contributed by atoms with Crippen molar-refractivity contribution >= 4 is 23.4 Å². The number of alkyl halides is 1. The summed E-state index contributed by atoms with van der Waals surface area (Å²) in [5, 5.41) is 1.14. The molecule has 1 aromatic carbocycles. The van der Waals surface area contributed by atoms with E-state index >= 15 is 0 Å². The van der Waals surface area contributed by atoms with Crippen LogP contribution in [0.25, 0.3) is 0 Å². The Kier molecular flexibility index (Phi) is 4.60. The summed E-state index contributed by atoms with van der Waals surface area (Å²) < 4.78 is 0. The normalized spacial score (nSPS) is 20.8. The van der Waals surface area contributed by atoms with Crippen LogP contribution in [0.4, 0.5) is 0 Å². The first-order valence-corrected chi connectivity index (χ1v) is 7.50. The van der Waals surface area contributed by atoms with E-state index < -0.39 is 0 Å². The summed E-state index contributed by atoms with van der Waals surface area (Å²) >= 11 is 8.30. The predicted octanol–water partition coefficient (Wildman–Crippen LogP) is 4.89. The van der Waals surface area contributed by atoms with Crippen molar-refractivity contribution in [1.82, 2.24) is 0 Å². The second-order valence-corrected chi connectivity index (χ2v) is 6.47. The largest absolute Gasteiger partial charge is 0.123 e. The van der Waals surface area contributed by atoms with E-state index in [9.17, 15) is 0 Å². The van der Waals surface area contributed by atoms with Gasteiger partial charge in [-0.05, 0) is 37.3 Å². The summed E-state index contributed by atoms with van der Waals surface area (Å²) in [6, 6.07) is 8.77. The highest BCUT2D eigenvalue weighted by atomic mass is 35.5. The molecular formula is C14H19ClS. The topological polar surface area (TPSA) is 0 Å². The predicted molar refractivity (Wildman–Crippen MR) is 73.6 cm³/mol. The van der Waals surface area contributed by atoms with E-state index in [4.69, 9.17) is 11.6 Å². The minimum absolute atomic E-state index is 0.384. The highest BCUT2D eigenvalue weighted by molar-refractivity contribution is 8.00. The maximum absolute atomic E-state index is 6.26. The Bertz CT molecular complexity index is 312. The smallest absolute Gasteiger partial charge is 0.0336 e. The number of hydrogen-bond acceptors (Lipinski definition) is 1. The molecule has 0 radical (unpaired) electrons. The summed E-state index contributed by atoms with van der Waals surface area (Å²) in [5.41, 5.74) is 1.53. The van der Waals surface area contributed by atoms with Gasteiger partial charge in [0.15, 0.2) is 0 Å². The first kappa shape index (κ1) is 12.3. The lowest BCUT2D eigenvalue weighted by Crippen LogP contribution is -2.06. The molecule has 0 aromatic heterocycles. The number of fused-ring (bicyclic) bond motifs is 1. The van der Waals surface area contributed by atoms with Gasteiger partial charge in [0.05, 0.1) is 0 Å². The molecule has 1 aromatic rings. The first-order chi connectivity index (χ1) is 7.79. The van der Waals surface area contributed by atoms with E-state index in [0.717, 1.165) is 11.7 Å². The summed E-state index contributed by atoms with van der Waals surface area (Å²) in [7, 11) is 0. The molecule has 1 heterocycles. The van der Waals surface area contributed by atoms with Gasteiger partial charge in [-0.1, -0.05) is 31.5 Å². The maximum Gasteiger partial charge on any atom is 0.0336 e. The second kappa shape index (κ2) is 5.97. The molecule has 2 atom stereocenters. The van der Waals surface area contributed by atoms with Crippen LogP contribution in [0, 0.1) is 0 Å². The van der Waals surface area contributed by atoms with E-state index in [1.807, 2.05) is 11.8 Å². The zero-order chi connectivity index (χ0) is 11.4.